The second-order valence-corrected chi connectivity index (χ2v) is 4.66. The maximum Gasteiger partial charge on any atom is 0.129 e. The molecule has 0 bridgehead atoms. The number of hydrogen-bond donors (Lipinski definition) is 1. The van der Waals surface area contributed by atoms with E-state index in [0.717, 1.165) is 5.82 Å². The lowest BCUT2D eigenvalue weighted by atomic mass is 9.92. The van der Waals surface area contributed by atoms with Crippen molar-refractivity contribution in [2.45, 2.75) is 58.4 Å². The van der Waals surface area contributed by atoms with Gasteiger partial charge >= 0.3 is 0 Å². The van der Waals surface area contributed by atoms with Crippen LogP contribution >= 0.6 is 0 Å². The number of pyridine rings is 1. The number of fused-ring (bicyclic) bond motifs is 1. The molecule has 0 spiro atoms. The first kappa shape index (κ1) is 11.4. The SMILES string of the molecule is CCC(CC)Nc1nccc2c1CCCC2. The van der Waals surface area contributed by atoms with Gasteiger partial charge in [-0.05, 0) is 55.7 Å². The Morgan fingerprint density at radius 3 is 2.75 bits per heavy atom. The van der Waals surface area contributed by atoms with Crippen LogP contribution in [0.3, 0.4) is 0 Å². The topological polar surface area (TPSA) is 24.9 Å². The van der Waals surface area contributed by atoms with Crippen molar-refractivity contribution in [1.82, 2.24) is 4.98 Å². The van der Waals surface area contributed by atoms with Crippen LogP contribution in [0, 0.1) is 0 Å². The second-order valence-electron chi connectivity index (χ2n) is 4.66. The average Bonchev–Trinajstić information content (AvgIpc) is 2.36. The number of nitrogens with zero attached hydrogens (tertiary/aromatic N) is 1. The Balaban J connectivity index is 2.20. The number of anilines is 1. The minimum absolute atomic E-state index is 0.570. The fourth-order valence-corrected chi connectivity index (χ4v) is 2.47. The van der Waals surface area contributed by atoms with Crippen molar-refractivity contribution in [3.8, 4) is 0 Å². The molecule has 88 valence electrons. The largest absolute Gasteiger partial charge is 0.367 e. The van der Waals surface area contributed by atoms with E-state index in [-0.39, 0.29) is 0 Å². The monoisotopic (exact) mass is 218 g/mol. The smallest absolute Gasteiger partial charge is 0.129 e. The normalized spacial score (nSPS) is 14.9. The minimum atomic E-state index is 0.570. The fourth-order valence-electron chi connectivity index (χ4n) is 2.47. The molecule has 1 aliphatic carbocycles. The molecule has 0 radical (unpaired) electrons. The average molecular weight is 218 g/mol. The first-order chi connectivity index (χ1) is 7.85. The van der Waals surface area contributed by atoms with Gasteiger partial charge in [0.2, 0.25) is 0 Å². The Morgan fingerprint density at radius 1 is 1.25 bits per heavy atom. The molecule has 0 fully saturated rings. The zero-order chi connectivity index (χ0) is 11.4. The van der Waals surface area contributed by atoms with E-state index in [9.17, 15) is 0 Å². The van der Waals surface area contributed by atoms with Gasteiger partial charge in [0.1, 0.15) is 5.82 Å². The third kappa shape index (κ3) is 2.37. The van der Waals surface area contributed by atoms with Gasteiger partial charge in [0.05, 0.1) is 0 Å². The molecule has 16 heavy (non-hydrogen) atoms. The lowest BCUT2D eigenvalue weighted by molar-refractivity contribution is 0.654. The van der Waals surface area contributed by atoms with Crippen LogP contribution < -0.4 is 5.32 Å². The summed E-state index contributed by atoms with van der Waals surface area (Å²) in [7, 11) is 0. The van der Waals surface area contributed by atoms with Crippen molar-refractivity contribution in [3.05, 3.63) is 23.4 Å². The van der Waals surface area contributed by atoms with Crippen LogP contribution in [-0.4, -0.2) is 11.0 Å². The Bertz CT molecular complexity index is 343. The van der Waals surface area contributed by atoms with Crippen LogP contribution in [-0.2, 0) is 12.8 Å². The number of hydrogen-bond acceptors (Lipinski definition) is 2. The van der Waals surface area contributed by atoms with Crippen LogP contribution in [0.2, 0.25) is 0 Å². The van der Waals surface area contributed by atoms with Crippen molar-refractivity contribution in [1.29, 1.82) is 0 Å². The Morgan fingerprint density at radius 2 is 2.00 bits per heavy atom. The quantitative estimate of drug-likeness (QED) is 0.835. The number of nitrogens with one attached hydrogen (secondary N) is 1. The highest BCUT2D eigenvalue weighted by atomic mass is 15.0. The molecule has 0 aromatic carbocycles. The summed E-state index contributed by atoms with van der Waals surface area (Å²) in [6.07, 6.45) is 9.37. The molecule has 0 unspecified atom stereocenters. The molecule has 1 aromatic heterocycles. The maximum absolute atomic E-state index is 4.52. The molecule has 1 aliphatic rings. The highest BCUT2D eigenvalue weighted by Gasteiger charge is 2.15. The number of aryl methyl sites for hydroxylation is 1. The molecule has 0 atom stereocenters. The zero-order valence-corrected chi connectivity index (χ0v) is 10.4. The fraction of sp³-hybridized carbons (Fsp3) is 0.643. The van der Waals surface area contributed by atoms with Crippen LogP contribution in [0.5, 0.6) is 0 Å². The third-order valence-corrected chi connectivity index (χ3v) is 3.60. The molecule has 2 nitrogen and oxygen atoms in total. The first-order valence-corrected chi connectivity index (χ1v) is 6.58. The highest BCUT2D eigenvalue weighted by molar-refractivity contribution is 5.50. The van der Waals surface area contributed by atoms with Crippen molar-refractivity contribution in [3.63, 3.8) is 0 Å². The van der Waals surface area contributed by atoms with Crippen molar-refractivity contribution in [2.75, 3.05) is 5.32 Å². The van der Waals surface area contributed by atoms with Crippen molar-refractivity contribution < 1.29 is 0 Å². The number of aromatic nitrogens is 1. The molecule has 0 saturated heterocycles. The third-order valence-electron chi connectivity index (χ3n) is 3.60. The molecule has 2 rings (SSSR count). The summed E-state index contributed by atoms with van der Waals surface area (Å²) in [5, 5.41) is 3.60. The lowest BCUT2D eigenvalue weighted by Crippen LogP contribution is -2.20. The van der Waals surface area contributed by atoms with E-state index in [1.807, 2.05) is 6.20 Å². The van der Waals surface area contributed by atoms with Gasteiger partial charge in [0, 0.05) is 12.2 Å². The summed E-state index contributed by atoms with van der Waals surface area (Å²) < 4.78 is 0. The molecular formula is C14H22N2. The summed E-state index contributed by atoms with van der Waals surface area (Å²) in [5.74, 6) is 1.14. The van der Waals surface area contributed by atoms with Crippen LogP contribution in [0.15, 0.2) is 12.3 Å². The van der Waals surface area contributed by atoms with Crippen LogP contribution in [0.25, 0.3) is 0 Å². The standard InChI is InChI=1S/C14H22N2/c1-3-12(4-2)16-14-13-8-6-5-7-11(13)9-10-15-14/h9-10,12H,3-8H2,1-2H3,(H,15,16). The van der Waals surface area contributed by atoms with E-state index < -0.39 is 0 Å². The van der Waals surface area contributed by atoms with E-state index in [4.69, 9.17) is 0 Å². The maximum atomic E-state index is 4.52. The molecule has 1 heterocycles. The van der Waals surface area contributed by atoms with E-state index in [1.165, 1.54) is 49.7 Å². The van der Waals surface area contributed by atoms with Gasteiger partial charge in [-0.1, -0.05) is 13.8 Å². The van der Waals surface area contributed by atoms with Gasteiger partial charge < -0.3 is 5.32 Å². The van der Waals surface area contributed by atoms with Gasteiger partial charge in [-0.15, -0.1) is 0 Å². The van der Waals surface area contributed by atoms with Gasteiger partial charge in [0.15, 0.2) is 0 Å². The molecule has 1 aromatic rings. The number of rotatable bonds is 4. The Hall–Kier alpha value is -1.05. The van der Waals surface area contributed by atoms with E-state index >= 15 is 0 Å². The first-order valence-electron chi connectivity index (χ1n) is 6.58. The van der Waals surface area contributed by atoms with Gasteiger partial charge in [-0.3, -0.25) is 0 Å². The highest BCUT2D eigenvalue weighted by Crippen LogP contribution is 2.26. The molecule has 0 aliphatic heterocycles. The van der Waals surface area contributed by atoms with E-state index in [2.05, 4.69) is 30.2 Å². The molecular weight excluding hydrogens is 196 g/mol. The molecule has 1 N–H and O–H groups in total. The lowest BCUT2D eigenvalue weighted by Gasteiger charge is -2.22. The van der Waals surface area contributed by atoms with Gasteiger partial charge in [0.25, 0.3) is 0 Å². The molecule has 2 heteroatoms. The Kier molecular flexibility index (Phi) is 3.81. The summed E-state index contributed by atoms with van der Waals surface area (Å²) in [5.41, 5.74) is 2.98. The van der Waals surface area contributed by atoms with E-state index in [1.54, 1.807) is 0 Å². The Labute approximate surface area is 98.5 Å². The van der Waals surface area contributed by atoms with Crippen molar-refractivity contribution >= 4 is 5.82 Å². The summed E-state index contributed by atoms with van der Waals surface area (Å²) >= 11 is 0. The van der Waals surface area contributed by atoms with Crippen LogP contribution in [0.1, 0.15) is 50.7 Å². The van der Waals surface area contributed by atoms with Crippen molar-refractivity contribution in [2.24, 2.45) is 0 Å². The predicted octanol–water partition coefficient (Wildman–Crippen LogP) is 3.56. The van der Waals surface area contributed by atoms with Crippen LogP contribution in [0.4, 0.5) is 5.82 Å². The van der Waals surface area contributed by atoms with Gasteiger partial charge in [-0.2, -0.15) is 0 Å². The summed E-state index contributed by atoms with van der Waals surface area (Å²) in [6.45, 7) is 4.47. The second kappa shape index (κ2) is 5.33. The molecule has 0 amide bonds. The summed E-state index contributed by atoms with van der Waals surface area (Å²) in [4.78, 5) is 4.52. The predicted molar refractivity (Wildman–Crippen MR) is 68.9 cm³/mol. The minimum Gasteiger partial charge on any atom is -0.367 e. The van der Waals surface area contributed by atoms with Gasteiger partial charge in [-0.25, -0.2) is 4.98 Å². The van der Waals surface area contributed by atoms with E-state index in [0.29, 0.717) is 6.04 Å². The molecule has 0 saturated carbocycles. The summed E-state index contributed by atoms with van der Waals surface area (Å²) in [6, 6.07) is 2.76. The zero-order valence-electron chi connectivity index (χ0n) is 10.4.